The van der Waals surface area contributed by atoms with E-state index in [-0.39, 0.29) is 60.0 Å². The minimum Gasteiger partial charge on any atom is -0.459 e. The van der Waals surface area contributed by atoms with Gasteiger partial charge in [0.1, 0.15) is 11.9 Å². The first kappa shape index (κ1) is 55.6. The lowest BCUT2D eigenvalue weighted by molar-refractivity contribution is -0.158. The second kappa shape index (κ2) is 22.6. The van der Waals surface area contributed by atoms with Gasteiger partial charge in [-0.1, -0.05) is 99.8 Å². The number of carbonyl (C=O) groups is 3. The molecule has 6 heterocycles. The number of esters is 1. The van der Waals surface area contributed by atoms with Crippen LogP contribution in [0.3, 0.4) is 0 Å². The molecule has 4 bridgehead atoms. The van der Waals surface area contributed by atoms with Crippen LogP contribution in [-0.2, 0) is 20.7 Å². The summed E-state index contributed by atoms with van der Waals surface area (Å²) in [5, 5.41) is 36.0. The van der Waals surface area contributed by atoms with Crippen LogP contribution in [0.25, 0.3) is 0 Å². The molecule has 15 nitrogen and oxygen atoms in total. The summed E-state index contributed by atoms with van der Waals surface area (Å²) in [5.74, 6) is 0.753. The van der Waals surface area contributed by atoms with Gasteiger partial charge >= 0.3 is 5.97 Å². The van der Waals surface area contributed by atoms with Crippen molar-refractivity contribution in [1.82, 2.24) is 37.2 Å². The number of ether oxygens (including phenoxy) is 2. The number of guanidine groups is 1. The average Bonchev–Trinajstić information content (AvgIpc) is 4.24. The number of benzene rings is 1. The quantitative estimate of drug-likeness (QED) is 0.0406. The molecule has 15 heteroatoms. The Hall–Kier alpha value is -5.32. The lowest BCUT2D eigenvalue weighted by Crippen LogP contribution is -2.63. The molecule has 11 rings (SSSR count). The van der Waals surface area contributed by atoms with Gasteiger partial charge in [-0.25, -0.2) is 4.79 Å². The van der Waals surface area contributed by atoms with E-state index in [1.54, 1.807) is 6.07 Å². The summed E-state index contributed by atoms with van der Waals surface area (Å²) >= 11 is 0. The molecular weight excluding hydrogens is 991 g/mol. The molecule has 0 radical (unpaired) electrons. The molecule has 1 aromatic carbocycles. The van der Waals surface area contributed by atoms with E-state index in [4.69, 9.17) is 20.2 Å². The highest BCUT2D eigenvalue weighted by atomic mass is 16.7. The Morgan fingerprint density at radius 1 is 1.03 bits per heavy atom. The Morgan fingerprint density at radius 3 is 2.63 bits per heavy atom. The van der Waals surface area contributed by atoms with E-state index < -0.39 is 40.0 Å². The maximum absolute atomic E-state index is 16.2. The number of nitrogens with one attached hydrogen (secondary N) is 7. The first-order valence-corrected chi connectivity index (χ1v) is 30.3. The third-order valence-corrected chi connectivity index (χ3v) is 20.5. The molecule has 10 aliphatic rings. The number of dihydropyridines is 2. The van der Waals surface area contributed by atoms with Crippen molar-refractivity contribution in [1.29, 1.82) is 0 Å². The van der Waals surface area contributed by atoms with Crippen LogP contribution in [-0.4, -0.2) is 110 Å². The number of nitrogens with zero attached hydrogens (tertiary/aromatic N) is 1. The van der Waals surface area contributed by atoms with E-state index in [1.165, 1.54) is 16.7 Å². The largest absolute Gasteiger partial charge is 0.459 e. The average molecular weight is 1080 g/mol. The minimum absolute atomic E-state index is 0.0210. The van der Waals surface area contributed by atoms with Gasteiger partial charge < -0.3 is 57.5 Å². The number of hydrogen-bond donors (Lipinski definition) is 9. The van der Waals surface area contributed by atoms with Crippen molar-refractivity contribution in [3.63, 3.8) is 0 Å². The highest BCUT2D eigenvalue weighted by Crippen LogP contribution is 2.62. The summed E-state index contributed by atoms with van der Waals surface area (Å²) < 4.78 is 13.8. The number of cyclic esters (lactones) is 1. The van der Waals surface area contributed by atoms with Gasteiger partial charge in [-0.2, -0.15) is 0 Å². The minimum atomic E-state index is -2.21. The molecular formula is C64H89N9O6. The van der Waals surface area contributed by atoms with Gasteiger partial charge in [0.15, 0.2) is 17.3 Å². The number of Topliss-reactive ketones (excluding diaryl/α,β-unsaturated/α-hetero) is 2. The molecule has 79 heavy (non-hydrogen) atoms. The fourth-order valence-electron chi connectivity index (χ4n) is 16.5. The number of nitrogens with two attached hydrogens (primary N) is 1. The number of aliphatic hydroxyl groups excluding tert-OH is 1. The SMILES string of the molecule is CCNC1C=C2C=CCC3CCCCC(C)(CC4=CNC(N)C=C4)Cc4cccc5c4C(=O)C4(OC4(CC=C(C)C4(C6(C7=CCNC8=C7CCC(NC)N8)CCCNC(=NC)N6)CCCC4)C5=O)C(=O)OC(CCCO)C1CC23. The van der Waals surface area contributed by atoms with Gasteiger partial charge in [-0.3, -0.25) is 14.6 Å². The number of allylic oxidation sites excluding steroid dienone is 5. The predicted octanol–water partition coefficient (Wildman–Crippen LogP) is 7.48. The number of carbonyl (C=O) groups excluding carboxylic acids is 3. The number of aliphatic imine (C=N–C) groups is 1. The van der Waals surface area contributed by atoms with Crippen LogP contribution in [0, 0.1) is 28.6 Å². The molecule has 0 amide bonds. The van der Waals surface area contributed by atoms with Gasteiger partial charge in [0.05, 0.1) is 17.9 Å². The Kier molecular flexibility index (Phi) is 15.9. The first-order chi connectivity index (χ1) is 38.3. The molecule has 2 saturated heterocycles. The first-order valence-electron chi connectivity index (χ1n) is 30.3. The van der Waals surface area contributed by atoms with Crippen molar-refractivity contribution in [2.45, 2.75) is 184 Å². The monoisotopic (exact) mass is 1080 g/mol. The standard InChI is InChI=1S/C64H89N9O6/c1-6-68-50-35-43-17-11-16-42-15-7-8-27-60(3,37-41-21-23-52(65)71-39-41)38-44-18-12-19-46-54(44)56(76)64(58(77)78-51(20-13-34-74)48(50)36-47(42)43)63(79-64,55(46)75)31-25-40(2)61(28-9-10-29-61)62(30-14-32-70-59(67-5)73-62)49-26-33-69-57-45(49)22-24-53(66-4)72-57/h11-12,17-19,21,23,25-26,35,39,42,47-48,50-53,66,68-69,71-72,74H,6-10,13-16,20,22,24,27-34,36-38,65H2,1-5H3,(H2,67,70,73). The second-order valence-corrected chi connectivity index (χ2v) is 25.1. The van der Waals surface area contributed by atoms with E-state index in [0.717, 1.165) is 131 Å². The van der Waals surface area contributed by atoms with Crippen molar-refractivity contribution in [2.75, 3.05) is 40.3 Å². The molecule has 0 aromatic heterocycles. The molecule has 4 aliphatic carbocycles. The lowest BCUT2D eigenvalue weighted by atomic mass is 9.57. The van der Waals surface area contributed by atoms with Crippen LogP contribution in [0.1, 0.15) is 163 Å². The Balaban J connectivity index is 1.03. The van der Waals surface area contributed by atoms with Gasteiger partial charge in [0.25, 0.3) is 5.60 Å². The molecule has 3 fully saturated rings. The Morgan fingerprint density at radius 2 is 1.86 bits per heavy atom. The number of hydrogen-bond acceptors (Lipinski definition) is 13. The van der Waals surface area contributed by atoms with Crippen LogP contribution in [0.2, 0.25) is 0 Å². The van der Waals surface area contributed by atoms with E-state index >= 15 is 14.4 Å². The van der Waals surface area contributed by atoms with Crippen molar-refractivity contribution in [2.24, 2.45) is 39.3 Å². The van der Waals surface area contributed by atoms with Gasteiger partial charge in [-0.05, 0) is 162 Å². The normalized spacial score (nSPS) is 36.6. The summed E-state index contributed by atoms with van der Waals surface area (Å²) in [6.45, 7) is 8.72. The van der Waals surface area contributed by atoms with E-state index in [9.17, 15) is 5.11 Å². The number of ketones is 2. The van der Waals surface area contributed by atoms with Crippen LogP contribution in [0.5, 0.6) is 0 Å². The van der Waals surface area contributed by atoms with Crippen molar-refractivity contribution < 1.29 is 29.0 Å². The smallest absolute Gasteiger partial charge is 0.350 e. The van der Waals surface area contributed by atoms with E-state index in [2.05, 4.69) is 94.4 Å². The molecule has 11 atom stereocenters. The zero-order chi connectivity index (χ0) is 55.2. The van der Waals surface area contributed by atoms with E-state index in [0.29, 0.717) is 43.8 Å². The van der Waals surface area contributed by atoms with Crippen LogP contribution in [0.4, 0.5) is 0 Å². The molecule has 6 aliphatic heterocycles. The van der Waals surface area contributed by atoms with Crippen LogP contribution >= 0.6 is 0 Å². The molecule has 1 saturated carbocycles. The Labute approximate surface area is 468 Å². The van der Waals surface area contributed by atoms with Crippen LogP contribution < -0.4 is 43.0 Å². The zero-order valence-electron chi connectivity index (χ0n) is 47.7. The fourth-order valence-corrected chi connectivity index (χ4v) is 16.5. The van der Waals surface area contributed by atoms with Gasteiger partial charge in [0.2, 0.25) is 5.78 Å². The topological polar surface area (TPSA) is 216 Å². The summed E-state index contributed by atoms with van der Waals surface area (Å²) in [7, 11) is 3.84. The molecule has 10 N–H and O–H groups in total. The molecule has 1 aromatic rings. The third kappa shape index (κ3) is 9.78. The third-order valence-electron chi connectivity index (χ3n) is 20.5. The van der Waals surface area contributed by atoms with Crippen LogP contribution in [0.15, 0.2) is 106 Å². The summed E-state index contributed by atoms with van der Waals surface area (Å²) in [4.78, 5) is 53.0. The fraction of sp³-hybridized carbons (Fsp3) is 0.625. The predicted molar refractivity (Wildman–Crippen MR) is 310 cm³/mol. The number of rotatable bonds is 13. The molecule has 1 spiro atoms. The number of aliphatic hydroxyl groups is 1. The van der Waals surface area contributed by atoms with E-state index in [1.807, 2.05) is 38.5 Å². The molecule has 426 valence electrons. The second-order valence-electron chi connectivity index (χ2n) is 25.1. The summed E-state index contributed by atoms with van der Waals surface area (Å²) in [6, 6.07) is 5.55. The number of likely N-dealkylation sites (N-methyl/N-ethyl adjacent to an activating group) is 1. The van der Waals surface area contributed by atoms with Crippen molar-refractivity contribution in [3.05, 3.63) is 117 Å². The zero-order valence-corrected chi connectivity index (χ0v) is 47.7. The highest BCUT2D eigenvalue weighted by molar-refractivity contribution is 6.33. The summed E-state index contributed by atoms with van der Waals surface area (Å²) in [6.07, 6.45) is 32.2. The highest BCUT2D eigenvalue weighted by Gasteiger charge is 2.85. The maximum atomic E-state index is 16.2. The lowest BCUT2D eigenvalue weighted by Gasteiger charge is -2.53. The van der Waals surface area contributed by atoms with Crippen molar-refractivity contribution >= 4 is 23.5 Å². The van der Waals surface area contributed by atoms with Gasteiger partial charge in [0, 0.05) is 67.9 Å². The number of epoxide rings is 1. The summed E-state index contributed by atoms with van der Waals surface area (Å²) in [5.41, 5.74) is 8.33. The van der Waals surface area contributed by atoms with Gasteiger partial charge in [-0.15, -0.1) is 0 Å². The Bertz CT molecular complexity index is 2800. The molecule has 11 unspecified atom stereocenters. The maximum Gasteiger partial charge on any atom is 0.350 e. The van der Waals surface area contributed by atoms with Crippen molar-refractivity contribution in [3.8, 4) is 0 Å². The number of fused-ring (bicyclic) bond motifs is 1.